The summed E-state index contributed by atoms with van der Waals surface area (Å²) in [5, 5.41) is 22.5. The van der Waals surface area contributed by atoms with E-state index in [1.165, 1.54) is 19.1 Å². The van der Waals surface area contributed by atoms with Crippen molar-refractivity contribution in [3.63, 3.8) is 0 Å². The summed E-state index contributed by atoms with van der Waals surface area (Å²) < 4.78 is 0. The number of nitrogens with zero attached hydrogens (tertiary/aromatic N) is 1. The van der Waals surface area contributed by atoms with Crippen LogP contribution in [-0.4, -0.2) is 28.9 Å². The van der Waals surface area contributed by atoms with Crippen LogP contribution in [0.25, 0.3) is 0 Å². The molecule has 8 heteroatoms. The maximum absolute atomic E-state index is 11.7. The summed E-state index contributed by atoms with van der Waals surface area (Å²) in [6, 6.07) is 6.61. The molecule has 1 aromatic rings. The zero-order chi connectivity index (χ0) is 16.7. The summed E-state index contributed by atoms with van der Waals surface area (Å²) >= 11 is 0. The fourth-order valence-electron chi connectivity index (χ4n) is 1.37. The normalized spacial score (nSPS) is 11.9. The summed E-state index contributed by atoms with van der Waals surface area (Å²) in [5.74, 6) is -2.58. The quantitative estimate of drug-likeness (QED) is 0.436. The lowest BCUT2D eigenvalue weighted by molar-refractivity contribution is -0.140. The number of benzene rings is 1. The number of carboxylic acid groups (broad SMARTS) is 1. The number of amides is 2. The number of carbonyl (C=O) groups is 3. The van der Waals surface area contributed by atoms with E-state index in [0.717, 1.165) is 6.20 Å². The van der Waals surface area contributed by atoms with E-state index >= 15 is 0 Å². The van der Waals surface area contributed by atoms with E-state index in [1.54, 1.807) is 18.2 Å². The Morgan fingerprint density at radius 1 is 1.32 bits per heavy atom. The standard InChI is InChI=1S/C14H14N4O4/c1-8(14(21)22)18-13(20)10(6-15)7-17-11-4-2-9(3-5-11)12(16)19/h2-5,7-8,17H,1H3,(H2,16,19)(H,18,20)(H,21,22)/b10-7-. The lowest BCUT2D eigenvalue weighted by atomic mass is 10.2. The molecule has 0 aromatic heterocycles. The first-order chi connectivity index (χ1) is 10.3. The molecule has 22 heavy (non-hydrogen) atoms. The molecule has 0 spiro atoms. The molecule has 1 atom stereocenters. The van der Waals surface area contributed by atoms with Crippen molar-refractivity contribution < 1.29 is 19.5 Å². The summed E-state index contributed by atoms with van der Waals surface area (Å²) in [4.78, 5) is 33.2. The van der Waals surface area contributed by atoms with Gasteiger partial charge in [0.25, 0.3) is 5.91 Å². The van der Waals surface area contributed by atoms with E-state index < -0.39 is 23.8 Å². The van der Waals surface area contributed by atoms with Gasteiger partial charge < -0.3 is 21.5 Å². The molecule has 1 aromatic carbocycles. The zero-order valence-corrected chi connectivity index (χ0v) is 11.7. The van der Waals surface area contributed by atoms with Gasteiger partial charge in [-0.05, 0) is 31.2 Å². The maximum Gasteiger partial charge on any atom is 0.325 e. The minimum Gasteiger partial charge on any atom is -0.480 e. The minimum atomic E-state index is -1.21. The third-order valence-electron chi connectivity index (χ3n) is 2.64. The van der Waals surface area contributed by atoms with Crippen LogP contribution >= 0.6 is 0 Å². The highest BCUT2D eigenvalue weighted by Gasteiger charge is 2.16. The number of primary amides is 1. The highest BCUT2D eigenvalue weighted by atomic mass is 16.4. The van der Waals surface area contributed by atoms with Gasteiger partial charge >= 0.3 is 5.97 Å². The van der Waals surface area contributed by atoms with Crippen LogP contribution in [0.1, 0.15) is 17.3 Å². The second-order valence-electron chi connectivity index (χ2n) is 4.29. The van der Waals surface area contributed by atoms with Gasteiger partial charge in [-0.25, -0.2) is 0 Å². The van der Waals surface area contributed by atoms with Crippen LogP contribution in [0.4, 0.5) is 5.69 Å². The summed E-state index contributed by atoms with van der Waals surface area (Å²) in [6.45, 7) is 1.28. The first kappa shape index (κ1) is 16.7. The Bertz CT molecular complexity index is 658. The molecule has 1 unspecified atom stereocenters. The molecule has 8 nitrogen and oxygen atoms in total. The summed E-state index contributed by atoms with van der Waals surface area (Å²) in [6.07, 6.45) is 1.14. The molecule has 5 N–H and O–H groups in total. The van der Waals surface area contributed by atoms with Gasteiger partial charge in [0, 0.05) is 17.5 Å². The van der Waals surface area contributed by atoms with Crippen molar-refractivity contribution in [2.45, 2.75) is 13.0 Å². The molecule has 0 aliphatic heterocycles. The molecule has 114 valence electrons. The molecule has 0 saturated heterocycles. The van der Waals surface area contributed by atoms with E-state index in [2.05, 4.69) is 10.6 Å². The smallest absolute Gasteiger partial charge is 0.325 e. The first-order valence-electron chi connectivity index (χ1n) is 6.15. The molecule has 2 amide bonds. The number of nitriles is 1. The SMILES string of the molecule is CC(NC(=O)/C(C#N)=C\Nc1ccc(C(N)=O)cc1)C(=O)O. The number of hydrogen-bond acceptors (Lipinski definition) is 5. The molecule has 1 rings (SSSR count). The van der Waals surface area contributed by atoms with Gasteiger partial charge in [-0.3, -0.25) is 14.4 Å². The van der Waals surface area contributed by atoms with Gasteiger partial charge in [0.2, 0.25) is 5.91 Å². The molecular formula is C14H14N4O4. The van der Waals surface area contributed by atoms with Gasteiger partial charge in [0.1, 0.15) is 17.7 Å². The largest absolute Gasteiger partial charge is 0.480 e. The van der Waals surface area contributed by atoms with Crippen LogP contribution < -0.4 is 16.4 Å². The summed E-state index contributed by atoms with van der Waals surface area (Å²) in [7, 11) is 0. The highest BCUT2D eigenvalue weighted by Crippen LogP contribution is 2.09. The van der Waals surface area contributed by atoms with E-state index in [4.69, 9.17) is 16.1 Å². The third kappa shape index (κ3) is 4.64. The van der Waals surface area contributed by atoms with Crippen molar-refractivity contribution in [3.05, 3.63) is 41.6 Å². The minimum absolute atomic E-state index is 0.285. The van der Waals surface area contributed by atoms with Gasteiger partial charge in [-0.15, -0.1) is 0 Å². The Hall–Kier alpha value is -3.34. The van der Waals surface area contributed by atoms with E-state index in [9.17, 15) is 14.4 Å². The molecule has 0 radical (unpaired) electrons. The van der Waals surface area contributed by atoms with E-state index in [-0.39, 0.29) is 5.57 Å². The molecular weight excluding hydrogens is 288 g/mol. The number of carbonyl (C=O) groups excluding carboxylic acids is 2. The number of anilines is 1. The topological polar surface area (TPSA) is 145 Å². The van der Waals surface area contributed by atoms with Crippen LogP contribution in [-0.2, 0) is 9.59 Å². The highest BCUT2D eigenvalue weighted by molar-refractivity contribution is 5.99. The maximum atomic E-state index is 11.7. The average Bonchev–Trinajstić information content (AvgIpc) is 2.48. The van der Waals surface area contributed by atoms with Crippen molar-refractivity contribution in [3.8, 4) is 6.07 Å². The van der Waals surface area contributed by atoms with Crippen LogP contribution in [0.15, 0.2) is 36.0 Å². The molecule has 0 saturated carbocycles. The van der Waals surface area contributed by atoms with Gasteiger partial charge in [-0.2, -0.15) is 5.26 Å². The lowest BCUT2D eigenvalue weighted by Gasteiger charge is -2.08. The Morgan fingerprint density at radius 2 is 1.91 bits per heavy atom. The second kappa shape index (κ2) is 7.44. The van der Waals surface area contributed by atoms with Crippen LogP contribution in [0.2, 0.25) is 0 Å². The summed E-state index contributed by atoms with van der Waals surface area (Å²) in [5.41, 5.74) is 5.66. The van der Waals surface area contributed by atoms with Crippen molar-refractivity contribution in [2.24, 2.45) is 5.73 Å². The third-order valence-corrected chi connectivity index (χ3v) is 2.64. The number of aliphatic carboxylic acids is 1. The molecule has 0 aliphatic carbocycles. The molecule has 0 aliphatic rings. The number of hydrogen-bond donors (Lipinski definition) is 4. The van der Waals surface area contributed by atoms with E-state index in [1.807, 2.05) is 0 Å². The number of carboxylic acids is 1. The van der Waals surface area contributed by atoms with Crippen LogP contribution in [0.3, 0.4) is 0 Å². The van der Waals surface area contributed by atoms with Gasteiger partial charge in [0.05, 0.1) is 0 Å². The van der Waals surface area contributed by atoms with Gasteiger partial charge in [-0.1, -0.05) is 0 Å². The van der Waals surface area contributed by atoms with Crippen molar-refractivity contribution >= 4 is 23.5 Å². The fraction of sp³-hybridized carbons (Fsp3) is 0.143. The van der Waals surface area contributed by atoms with Crippen molar-refractivity contribution in [2.75, 3.05) is 5.32 Å². The Morgan fingerprint density at radius 3 is 2.36 bits per heavy atom. The molecule has 0 bridgehead atoms. The monoisotopic (exact) mass is 302 g/mol. The molecule has 0 heterocycles. The number of nitrogens with two attached hydrogens (primary N) is 1. The fourth-order valence-corrected chi connectivity index (χ4v) is 1.37. The van der Waals surface area contributed by atoms with Crippen LogP contribution in [0.5, 0.6) is 0 Å². The lowest BCUT2D eigenvalue weighted by Crippen LogP contribution is -2.39. The predicted molar refractivity (Wildman–Crippen MR) is 77.5 cm³/mol. The Labute approximate surface area is 126 Å². The van der Waals surface area contributed by atoms with Gasteiger partial charge in [0.15, 0.2) is 0 Å². The second-order valence-corrected chi connectivity index (χ2v) is 4.29. The first-order valence-corrected chi connectivity index (χ1v) is 6.15. The van der Waals surface area contributed by atoms with E-state index in [0.29, 0.717) is 11.3 Å². The zero-order valence-electron chi connectivity index (χ0n) is 11.7. The Kier molecular flexibility index (Phi) is 5.66. The van der Waals surface area contributed by atoms with Crippen molar-refractivity contribution in [1.82, 2.24) is 5.32 Å². The predicted octanol–water partition coefficient (Wildman–Crippen LogP) is 0.194. The van der Waals surface area contributed by atoms with Crippen molar-refractivity contribution in [1.29, 1.82) is 5.26 Å². The Balaban J connectivity index is 2.77. The van der Waals surface area contributed by atoms with Crippen LogP contribution in [0, 0.1) is 11.3 Å². The number of nitrogens with one attached hydrogen (secondary N) is 2. The average molecular weight is 302 g/mol. The number of rotatable bonds is 6. The molecule has 0 fully saturated rings.